The summed E-state index contributed by atoms with van der Waals surface area (Å²) in [4.78, 5) is 0. The fraction of sp³-hybridized carbons (Fsp3) is 0.571. The van der Waals surface area contributed by atoms with Crippen LogP contribution < -0.4 is 9.47 Å². The highest BCUT2D eigenvalue weighted by atomic mass is 35.5. The van der Waals surface area contributed by atoms with Gasteiger partial charge in [-0.2, -0.15) is 0 Å². The third kappa shape index (κ3) is 4.86. The van der Waals surface area contributed by atoms with Crippen LogP contribution in [0, 0.1) is 5.92 Å². The largest absolute Gasteiger partial charge is 0.493 e. The Morgan fingerprint density at radius 1 is 1.18 bits per heavy atom. The van der Waals surface area contributed by atoms with Crippen LogP contribution in [0.3, 0.4) is 0 Å². The molecule has 0 aliphatic carbocycles. The zero-order valence-electron chi connectivity index (χ0n) is 11.0. The predicted molar refractivity (Wildman–Crippen MR) is 72.3 cm³/mol. The topological polar surface area (TPSA) is 18.5 Å². The lowest BCUT2D eigenvalue weighted by molar-refractivity contribution is 0.256. The fourth-order valence-electron chi connectivity index (χ4n) is 1.54. The highest BCUT2D eigenvalue weighted by Gasteiger charge is 2.08. The number of methoxy groups -OCH3 is 1. The van der Waals surface area contributed by atoms with Gasteiger partial charge in [0.05, 0.1) is 13.7 Å². The maximum Gasteiger partial charge on any atom is 0.161 e. The first-order valence-corrected chi connectivity index (χ1v) is 6.40. The second-order valence-electron chi connectivity index (χ2n) is 4.67. The van der Waals surface area contributed by atoms with Gasteiger partial charge in [-0.05, 0) is 37.0 Å². The SMILES string of the molecule is COc1ccc(CC(C)Cl)cc1OCC(C)C. The zero-order valence-corrected chi connectivity index (χ0v) is 11.8. The average molecular weight is 257 g/mol. The standard InChI is InChI=1S/C14H21ClO2/c1-10(2)9-17-14-8-12(7-11(3)15)5-6-13(14)16-4/h5-6,8,10-11H,7,9H2,1-4H3. The van der Waals surface area contributed by atoms with Crippen molar-refractivity contribution in [1.82, 2.24) is 0 Å². The minimum Gasteiger partial charge on any atom is -0.493 e. The molecular formula is C14H21ClO2. The van der Waals surface area contributed by atoms with Crippen molar-refractivity contribution in [2.45, 2.75) is 32.6 Å². The van der Waals surface area contributed by atoms with Crippen LogP contribution in [0.5, 0.6) is 11.5 Å². The summed E-state index contributed by atoms with van der Waals surface area (Å²) in [6.45, 7) is 6.92. The predicted octanol–water partition coefficient (Wildman–Crippen LogP) is 3.90. The molecule has 0 bridgehead atoms. The van der Waals surface area contributed by atoms with Gasteiger partial charge in [0, 0.05) is 5.38 Å². The quantitative estimate of drug-likeness (QED) is 0.719. The second kappa shape index (κ2) is 6.75. The number of alkyl halides is 1. The normalized spacial score (nSPS) is 12.6. The van der Waals surface area contributed by atoms with E-state index in [-0.39, 0.29) is 5.38 Å². The van der Waals surface area contributed by atoms with Gasteiger partial charge in [-0.15, -0.1) is 11.6 Å². The van der Waals surface area contributed by atoms with Crippen molar-refractivity contribution in [2.75, 3.05) is 13.7 Å². The van der Waals surface area contributed by atoms with E-state index in [1.165, 1.54) is 5.56 Å². The Hall–Kier alpha value is -0.890. The summed E-state index contributed by atoms with van der Waals surface area (Å²) in [6, 6.07) is 5.98. The molecule has 1 aromatic carbocycles. The molecule has 0 aromatic heterocycles. The molecule has 0 aliphatic heterocycles. The highest BCUT2D eigenvalue weighted by Crippen LogP contribution is 2.29. The van der Waals surface area contributed by atoms with Crippen molar-refractivity contribution in [3.8, 4) is 11.5 Å². The van der Waals surface area contributed by atoms with Gasteiger partial charge in [-0.25, -0.2) is 0 Å². The van der Waals surface area contributed by atoms with Crippen LogP contribution in [-0.4, -0.2) is 19.1 Å². The van der Waals surface area contributed by atoms with Crippen molar-refractivity contribution in [3.05, 3.63) is 23.8 Å². The first-order valence-electron chi connectivity index (χ1n) is 5.96. The van der Waals surface area contributed by atoms with Crippen molar-refractivity contribution in [2.24, 2.45) is 5.92 Å². The van der Waals surface area contributed by atoms with E-state index in [4.69, 9.17) is 21.1 Å². The summed E-state index contributed by atoms with van der Waals surface area (Å²) in [5.41, 5.74) is 1.17. The lowest BCUT2D eigenvalue weighted by atomic mass is 10.1. The Balaban J connectivity index is 2.82. The van der Waals surface area contributed by atoms with Crippen molar-refractivity contribution in [1.29, 1.82) is 0 Å². The number of ether oxygens (including phenoxy) is 2. The zero-order chi connectivity index (χ0) is 12.8. The summed E-state index contributed by atoms with van der Waals surface area (Å²) >= 11 is 5.99. The van der Waals surface area contributed by atoms with Crippen LogP contribution in [0.2, 0.25) is 0 Å². The van der Waals surface area contributed by atoms with E-state index in [9.17, 15) is 0 Å². The highest BCUT2D eigenvalue weighted by molar-refractivity contribution is 6.20. The van der Waals surface area contributed by atoms with Crippen molar-refractivity contribution in [3.63, 3.8) is 0 Å². The lowest BCUT2D eigenvalue weighted by Gasteiger charge is -2.14. The molecule has 1 unspecified atom stereocenters. The van der Waals surface area contributed by atoms with E-state index in [0.717, 1.165) is 17.9 Å². The summed E-state index contributed by atoms with van der Waals surface area (Å²) in [5.74, 6) is 2.07. The van der Waals surface area contributed by atoms with Crippen LogP contribution in [0.15, 0.2) is 18.2 Å². The van der Waals surface area contributed by atoms with Crippen LogP contribution in [0.1, 0.15) is 26.3 Å². The number of hydrogen-bond acceptors (Lipinski definition) is 2. The molecule has 96 valence electrons. The van der Waals surface area contributed by atoms with E-state index < -0.39 is 0 Å². The van der Waals surface area contributed by atoms with Gasteiger partial charge >= 0.3 is 0 Å². The maximum atomic E-state index is 5.99. The number of benzene rings is 1. The van der Waals surface area contributed by atoms with Gasteiger partial charge in [0.1, 0.15) is 0 Å². The molecule has 0 saturated heterocycles. The molecule has 0 fully saturated rings. The first-order chi connectivity index (χ1) is 8.02. The second-order valence-corrected chi connectivity index (χ2v) is 5.42. The monoisotopic (exact) mass is 256 g/mol. The number of hydrogen-bond donors (Lipinski definition) is 0. The Morgan fingerprint density at radius 3 is 2.41 bits per heavy atom. The molecule has 0 heterocycles. The first kappa shape index (κ1) is 14.2. The molecule has 0 saturated carbocycles. The minimum atomic E-state index is 0.126. The summed E-state index contributed by atoms with van der Waals surface area (Å²) in [5, 5.41) is 0.126. The van der Waals surface area contributed by atoms with E-state index >= 15 is 0 Å². The molecule has 1 atom stereocenters. The van der Waals surface area contributed by atoms with Crippen LogP contribution in [0.4, 0.5) is 0 Å². The molecule has 1 aromatic rings. The van der Waals surface area contributed by atoms with Gasteiger partial charge in [0.2, 0.25) is 0 Å². The Morgan fingerprint density at radius 2 is 1.88 bits per heavy atom. The Bertz CT molecular complexity index is 348. The molecule has 2 nitrogen and oxygen atoms in total. The summed E-state index contributed by atoms with van der Waals surface area (Å²) in [6.07, 6.45) is 0.837. The Labute approximate surface area is 109 Å². The third-order valence-corrected chi connectivity index (χ3v) is 2.47. The maximum absolute atomic E-state index is 5.99. The minimum absolute atomic E-state index is 0.126. The van der Waals surface area contributed by atoms with E-state index in [0.29, 0.717) is 12.5 Å². The molecular weight excluding hydrogens is 236 g/mol. The Kier molecular flexibility index (Phi) is 5.63. The molecule has 3 heteroatoms. The van der Waals surface area contributed by atoms with Gasteiger partial charge in [0.15, 0.2) is 11.5 Å². The van der Waals surface area contributed by atoms with E-state index in [2.05, 4.69) is 13.8 Å². The van der Waals surface area contributed by atoms with Crippen molar-refractivity contribution < 1.29 is 9.47 Å². The molecule has 0 amide bonds. The summed E-state index contributed by atoms with van der Waals surface area (Å²) < 4.78 is 11.0. The van der Waals surface area contributed by atoms with Gasteiger partial charge in [-0.3, -0.25) is 0 Å². The van der Waals surface area contributed by atoms with E-state index in [1.807, 2.05) is 25.1 Å². The van der Waals surface area contributed by atoms with Gasteiger partial charge in [-0.1, -0.05) is 19.9 Å². The smallest absolute Gasteiger partial charge is 0.161 e. The molecule has 0 aliphatic rings. The number of rotatable bonds is 6. The lowest BCUT2D eigenvalue weighted by Crippen LogP contribution is -2.06. The third-order valence-electron chi connectivity index (χ3n) is 2.32. The molecule has 0 radical (unpaired) electrons. The van der Waals surface area contributed by atoms with Crippen LogP contribution >= 0.6 is 11.6 Å². The van der Waals surface area contributed by atoms with Crippen LogP contribution in [-0.2, 0) is 6.42 Å². The van der Waals surface area contributed by atoms with Crippen molar-refractivity contribution >= 4 is 11.6 Å². The van der Waals surface area contributed by atoms with Crippen LogP contribution in [0.25, 0.3) is 0 Å². The van der Waals surface area contributed by atoms with Gasteiger partial charge in [0.25, 0.3) is 0 Å². The molecule has 1 rings (SSSR count). The number of halogens is 1. The fourth-order valence-corrected chi connectivity index (χ4v) is 1.72. The molecule has 17 heavy (non-hydrogen) atoms. The summed E-state index contributed by atoms with van der Waals surface area (Å²) in [7, 11) is 1.65. The molecule has 0 N–H and O–H groups in total. The average Bonchev–Trinajstić information content (AvgIpc) is 2.25. The van der Waals surface area contributed by atoms with Gasteiger partial charge < -0.3 is 9.47 Å². The van der Waals surface area contributed by atoms with E-state index in [1.54, 1.807) is 7.11 Å². The molecule has 0 spiro atoms.